The summed E-state index contributed by atoms with van der Waals surface area (Å²) in [5, 5.41) is 14.7. The fourth-order valence-electron chi connectivity index (χ4n) is 7.35. The third-order valence-corrected chi connectivity index (χ3v) is 12.2. The maximum Gasteiger partial charge on any atom is 0.274 e. The van der Waals surface area contributed by atoms with Crippen molar-refractivity contribution in [1.29, 1.82) is 0 Å². The standard InChI is InChI=1S/C38H53Br2N7O4/c1-26-33(40)25-45(38(51)34(26)42-35(48)28-15-8-3-4-9-16-28)20-14-19-30-24-46(44-43-30)21-12-7-13-22-47-27(2)32(39)23-31(37(47)50)36(49)41-29-17-10-5-6-11-18-29/h23-25,28-29H,3-22H2,1-2H3,(H,41,49)(H,42,48). The van der Waals surface area contributed by atoms with Crippen LogP contribution in [0.4, 0.5) is 5.69 Å². The fraction of sp³-hybridized carbons (Fsp3) is 0.632. The first-order valence-corrected chi connectivity index (χ1v) is 20.5. The molecule has 5 rings (SSSR count). The number of amides is 2. The Morgan fingerprint density at radius 3 is 2.18 bits per heavy atom. The van der Waals surface area contributed by atoms with Gasteiger partial charge in [-0.05, 0) is 115 Å². The molecular formula is C38H53Br2N7O4. The quantitative estimate of drug-likeness (QED) is 0.127. The summed E-state index contributed by atoms with van der Waals surface area (Å²) in [6, 6.07) is 1.80. The first kappa shape index (κ1) is 39.2. The van der Waals surface area contributed by atoms with Crippen molar-refractivity contribution in [2.45, 2.75) is 149 Å². The molecule has 2 N–H and O–H groups in total. The second kappa shape index (κ2) is 19.1. The molecular weight excluding hydrogens is 778 g/mol. The van der Waals surface area contributed by atoms with Gasteiger partial charge in [0, 0.05) is 58.6 Å². The molecule has 3 aromatic rings. The predicted octanol–water partition coefficient (Wildman–Crippen LogP) is 7.61. The Bertz CT molecular complexity index is 1770. The van der Waals surface area contributed by atoms with Gasteiger partial charge in [-0.2, -0.15) is 0 Å². The molecule has 0 aromatic carbocycles. The lowest BCUT2D eigenvalue weighted by atomic mass is 9.99. The van der Waals surface area contributed by atoms with E-state index in [9.17, 15) is 19.2 Å². The smallest absolute Gasteiger partial charge is 0.274 e. The highest BCUT2D eigenvalue weighted by atomic mass is 79.9. The van der Waals surface area contributed by atoms with Crippen molar-refractivity contribution in [3.05, 3.63) is 70.6 Å². The number of aryl methyl sites for hydroxylation is 3. The van der Waals surface area contributed by atoms with Crippen LogP contribution < -0.4 is 21.8 Å². The van der Waals surface area contributed by atoms with E-state index in [1.807, 2.05) is 24.7 Å². The van der Waals surface area contributed by atoms with E-state index in [1.54, 1.807) is 21.4 Å². The lowest BCUT2D eigenvalue weighted by Crippen LogP contribution is -2.39. The number of carbonyl (C=O) groups is 2. The van der Waals surface area contributed by atoms with Crippen molar-refractivity contribution >= 4 is 49.4 Å². The van der Waals surface area contributed by atoms with Crippen LogP contribution in [0.2, 0.25) is 0 Å². The van der Waals surface area contributed by atoms with Crippen molar-refractivity contribution in [1.82, 2.24) is 29.4 Å². The molecule has 0 radical (unpaired) electrons. The fourth-order valence-corrected chi connectivity index (χ4v) is 8.24. The van der Waals surface area contributed by atoms with Crippen molar-refractivity contribution in [2.75, 3.05) is 5.32 Å². The van der Waals surface area contributed by atoms with Crippen molar-refractivity contribution < 1.29 is 9.59 Å². The van der Waals surface area contributed by atoms with Crippen LogP contribution in [0.15, 0.2) is 37.0 Å². The second-order valence-corrected chi connectivity index (χ2v) is 16.1. The van der Waals surface area contributed by atoms with Crippen molar-refractivity contribution in [2.24, 2.45) is 5.92 Å². The number of unbranched alkanes of at least 4 members (excludes halogenated alkanes) is 2. The van der Waals surface area contributed by atoms with E-state index in [-0.39, 0.29) is 40.5 Å². The van der Waals surface area contributed by atoms with Crippen LogP contribution in [0.25, 0.3) is 0 Å². The number of pyridine rings is 2. The van der Waals surface area contributed by atoms with Gasteiger partial charge >= 0.3 is 0 Å². The molecule has 0 saturated heterocycles. The molecule has 3 heterocycles. The predicted molar refractivity (Wildman–Crippen MR) is 207 cm³/mol. The van der Waals surface area contributed by atoms with Gasteiger partial charge in [0.2, 0.25) is 5.91 Å². The minimum absolute atomic E-state index is 0.0375. The zero-order valence-corrected chi connectivity index (χ0v) is 33.3. The third-order valence-electron chi connectivity index (χ3n) is 10.6. The number of anilines is 1. The number of nitrogens with zero attached hydrogens (tertiary/aromatic N) is 5. The zero-order chi connectivity index (χ0) is 36.3. The molecule has 0 spiro atoms. The summed E-state index contributed by atoms with van der Waals surface area (Å²) in [4.78, 5) is 52.9. The van der Waals surface area contributed by atoms with Crippen LogP contribution in [0.3, 0.4) is 0 Å². The van der Waals surface area contributed by atoms with E-state index in [4.69, 9.17) is 0 Å². The third kappa shape index (κ3) is 10.7. The monoisotopic (exact) mass is 829 g/mol. The lowest BCUT2D eigenvalue weighted by molar-refractivity contribution is -0.120. The zero-order valence-electron chi connectivity index (χ0n) is 30.2. The van der Waals surface area contributed by atoms with Gasteiger partial charge in [0.15, 0.2) is 0 Å². The molecule has 11 nitrogen and oxygen atoms in total. The average molecular weight is 832 g/mol. The molecule has 0 aliphatic heterocycles. The molecule has 278 valence electrons. The Kier molecular flexibility index (Phi) is 14.7. The molecule has 2 aliphatic carbocycles. The Morgan fingerprint density at radius 2 is 1.47 bits per heavy atom. The maximum absolute atomic E-state index is 13.4. The second-order valence-electron chi connectivity index (χ2n) is 14.4. The number of nitrogens with one attached hydrogen (secondary N) is 2. The number of halogens is 2. The SMILES string of the molecule is Cc1c(Br)cn(CCCc2cn(CCCCCn3c(C)c(Br)cc(C(=O)NC4CCCCCC4)c3=O)nn2)c(=O)c1NC(=O)C1CCCCCC1. The van der Waals surface area contributed by atoms with E-state index >= 15 is 0 Å². The largest absolute Gasteiger partial charge is 0.349 e. The highest BCUT2D eigenvalue weighted by Gasteiger charge is 2.23. The van der Waals surface area contributed by atoms with Crippen LogP contribution in [-0.4, -0.2) is 42.0 Å². The molecule has 0 bridgehead atoms. The molecule has 2 amide bonds. The van der Waals surface area contributed by atoms with E-state index in [2.05, 4.69) is 52.8 Å². The maximum atomic E-state index is 13.4. The van der Waals surface area contributed by atoms with Crippen molar-refractivity contribution in [3.63, 3.8) is 0 Å². The average Bonchev–Trinajstić information content (AvgIpc) is 3.27. The van der Waals surface area contributed by atoms with Gasteiger partial charge in [0.1, 0.15) is 11.3 Å². The summed E-state index contributed by atoms with van der Waals surface area (Å²) < 4.78 is 6.78. The molecule has 2 aliphatic rings. The summed E-state index contributed by atoms with van der Waals surface area (Å²) in [5.41, 5.74) is 2.57. The molecule has 3 aromatic heterocycles. The minimum atomic E-state index is -0.277. The summed E-state index contributed by atoms with van der Waals surface area (Å²) in [6.45, 7) is 5.50. The summed E-state index contributed by atoms with van der Waals surface area (Å²) in [7, 11) is 0. The Labute approximate surface area is 317 Å². The molecule has 2 saturated carbocycles. The first-order valence-electron chi connectivity index (χ1n) is 18.9. The number of hydrogen-bond acceptors (Lipinski definition) is 6. The molecule has 2 fully saturated rings. The van der Waals surface area contributed by atoms with Gasteiger partial charge in [0.25, 0.3) is 17.0 Å². The summed E-state index contributed by atoms with van der Waals surface area (Å²) in [5.74, 6) is -0.362. The van der Waals surface area contributed by atoms with E-state index in [1.165, 1.54) is 25.7 Å². The van der Waals surface area contributed by atoms with E-state index in [0.717, 1.165) is 96.5 Å². The highest BCUT2D eigenvalue weighted by molar-refractivity contribution is 9.10. The van der Waals surface area contributed by atoms with E-state index in [0.29, 0.717) is 38.2 Å². The first-order chi connectivity index (χ1) is 24.6. The van der Waals surface area contributed by atoms with E-state index < -0.39 is 0 Å². The van der Waals surface area contributed by atoms with Crippen molar-refractivity contribution in [3.8, 4) is 0 Å². The minimum Gasteiger partial charge on any atom is -0.349 e. The van der Waals surface area contributed by atoms with Crippen LogP contribution >= 0.6 is 31.9 Å². The van der Waals surface area contributed by atoms with Crippen LogP contribution in [0.5, 0.6) is 0 Å². The van der Waals surface area contributed by atoms with Gasteiger partial charge in [-0.1, -0.05) is 56.6 Å². The lowest BCUT2D eigenvalue weighted by Gasteiger charge is -2.18. The molecule has 0 unspecified atom stereocenters. The van der Waals surface area contributed by atoms with Gasteiger partial charge in [-0.15, -0.1) is 5.10 Å². The number of rotatable bonds is 14. The number of hydrogen-bond donors (Lipinski definition) is 2. The topological polar surface area (TPSA) is 133 Å². The highest BCUT2D eigenvalue weighted by Crippen LogP contribution is 2.26. The Balaban J connectivity index is 1.08. The molecule has 0 atom stereocenters. The number of carbonyl (C=O) groups excluding carboxylic acids is 2. The van der Waals surface area contributed by atoms with Crippen LogP contribution in [0.1, 0.15) is 130 Å². The van der Waals surface area contributed by atoms with Gasteiger partial charge in [-0.25, -0.2) is 0 Å². The Hall–Kier alpha value is -3.06. The van der Waals surface area contributed by atoms with Gasteiger partial charge in [0.05, 0.1) is 5.69 Å². The molecule has 13 heteroatoms. The van der Waals surface area contributed by atoms with Gasteiger partial charge in [-0.3, -0.25) is 23.9 Å². The summed E-state index contributed by atoms with van der Waals surface area (Å²) in [6.07, 6.45) is 20.5. The summed E-state index contributed by atoms with van der Waals surface area (Å²) >= 11 is 7.15. The van der Waals surface area contributed by atoms with Gasteiger partial charge < -0.3 is 19.8 Å². The molecule has 51 heavy (non-hydrogen) atoms. The van der Waals surface area contributed by atoms with Crippen LogP contribution in [-0.2, 0) is 30.8 Å². The normalized spacial score (nSPS) is 16.1. The van der Waals surface area contributed by atoms with Crippen LogP contribution in [0, 0.1) is 19.8 Å². The number of aromatic nitrogens is 5. The Morgan fingerprint density at radius 1 is 0.804 bits per heavy atom.